The third kappa shape index (κ3) is 7.16. The highest BCUT2D eigenvalue weighted by Crippen LogP contribution is 2.30. The van der Waals surface area contributed by atoms with Gasteiger partial charge in [-0.2, -0.15) is 4.98 Å². The lowest BCUT2D eigenvalue weighted by Crippen LogP contribution is -2.40. The average Bonchev–Trinajstić information content (AvgIpc) is 3.37. The molecular weight excluding hydrogens is 571 g/mol. The van der Waals surface area contributed by atoms with Crippen molar-refractivity contribution in [1.82, 2.24) is 24.6 Å². The van der Waals surface area contributed by atoms with E-state index in [1.165, 1.54) is 31.4 Å². The summed E-state index contributed by atoms with van der Waals surface area (Å²) < 4.78 is 48.3. The Balaban J connectivity index is 1.29. The molecular formula is C31H31FN6O4S. The number of amides is 1. The Labute approximate surface area is 249 Å². The minimum Gasteiger partial charge on any atom is -0.495 e. The van der Waals surface area contributed by atoms with Gasteiger partial charge >= 0.3 is 0 Å². The molecule has 43 heavy (non-hydrogen) atoms. The van der Waals surface area contributed by atoms with Gasteiger partial charge in [-0.15, -0.1) is 5.10 Å². The van der Waals surface area contributed by atoms with Crippen LogP contribution in [-0.4, -0.2) is 41.6 Å². The summed E-state index contributed by atoms with van der Waals surface area (Å²) in [5.41, 5.74) is 3.51. The molecule has 0 saturated carbocycles. The van der Waals surface area contributed by atoms with E-state index in [0.29, 0.717) is 35.1 Å². The molecule has 0 unspecified atom stereocenters. The predicted octanol–water partition coefficient (Wildman–Crippen LogP) is 5.29. The Morgan fingerprint density at radius 3 is 2.33 bits per heavy atom. The molecule has 0 saturated heterocycles. The molecule has 2 heterocycles. The first-order valence-corrected chi connectivity index (χ1v) is 14.9. The molecule has 10 nitrogen and oxygen atoms in total. The van der Waals surface area contributed by atoms with Crippen molar-refractivity contribution >= 4 is 33.2 Å². The number of benzene rings is 3. The maximum atomic E-state index is 13.1. The lowest BCUT2D eigenvalue weighted by Gasteiger charge is -2.21. The van der Waals surface area contributed by atoms with E-state index in [1.807, 2.05) is 30.5 Å². The SMILES string of the molecule is COc1cc(S(=O)(=O)NC(C)(C)C)ccc1Nc1nc2ccc(-c3ccc(C(=O)NCc4ccc(F)cc4)cc3)cn2n1. The van der Waals surface area contributed by atoms with Crippen molar-refractivity contribution in [2.45, 2.75) is 37.8 Å². The molecule has 5 aromatic rings. The third-order valence-electron chi connectivity index (χ3n) is 6.35. The molecule has 1 amide bonds. The monoisotopic (exact) mass is 602 g/mol. The van der Waals surface area contributed by atoms with Crippen LogP contribution in [0.15, 0.2) is 90.0 Å². The summed E-state index contributed by atoms with van der Waals surface area (Å²) in [4.78, 5) is 17.2. The van der Waals surface area contributed by atoms with Gasteiger partial charge in [0, 0.05) is 35.5 Å². The highest BCUT2D eigenvalue weighted by Gasteiger charge is 2.23. The number of aromatic nitrogens is 3. The minimum absolute atomic E-state index is 0.0776. The number of sulfonamides is 1. The number of nitrogens with one attached hydrogen (secondary N) is 3. The molecule has 0 radical (unpaired) electrons. The zero-order chi connectivity index (χ0) is 30.8. The number of carbonyl (C=O) groups excluding carboxylic acids is 1. The van der Waals surface area contributed by atoms with Crippen molar-refractivity contribution in [3.05, 3.63) is 102 Å². The number of rotatable bonds is 9. The Morgan fingerprint density at radius 1 is 0.953 bits per heavy atom. The van der Waals surface area contributed by atoms with Gasteiger partial charge in [0.2, 0.25) is 16.0 Å². The summed E-state index contributed by atoms with van der Waals surface area (Å²) in [7, 11) is -2.29. The highest BCUT2D eigenvalue weighted by atomic mass is 32.2. The topological polar surface area (TPSA) is 127 Å². The van der Waals surface area contributed by atoms with Crippen molar-refractivity contribution in [3.8, 4) is 16.9 Å². The van der Waals surface area contributed by atoms with Crippen LogP contribution in [0, 0.1) is 5.82 Å². The van der Waals surface area contributed by atoms with E-state index in [0.717, 1.165) is 16.7 Å². The number of carbonyl (C=O) groups is 1. The standard InChI is InChI=1S/C31H31FN6O4S/c1-31(2,3)37-43(40,41)25-14-15-26(27(17-25)42-4)34-30-35-28-16-11-23(19-38(28)36-30)21-7-9-22(10-8-21)29(39)33-18-20-5-12-24(32)13-6-20/h5-17,19,37H,18H2,1-4H3,(H,33,39)(H,34,36). The summed E-state index contributed by atoms with van der Waals surface area (Å²) in [5, 5.41) is 10.4. The second-order valence-corrected chi connectivity index (χ2v) is 12.6. The van der Waals surface area contributed by atoms with Gasteiger partial charge in [0.05, 0.1) is 17.7 Å². The van der Waals surface area contributed by atoms with Crippen LogP contribution in [-0.2, 0) is 16.6 Å². The van der Waals surface area contributed by atoms with E-state index in [2.05, 4.69) is 25.4 Å². The molecule has 0 spiro atoms. The molecule has 0 atom stereocenters. The largest absolute Gasteiger partial charge is 0.495 e. The first-order valence-electron chi connectivity index (χ1n) is 13.4. The summed E-state index contributed by atoms with van der Waals surface area (Å²) in [5.74, 6) is 0.0618. The molecule has 12 heteroatoms. The number of halogens is 1. The number of hydrogen-bond donors (Lipinski definition) is 3. The number of pyridine rings is 1. The molecule has 3 aromatic carbocycles. The van der Waals surface area contributed by atoms with E-state index in [9.17, 15) is 17.6 Å². The van der Waals surface area contributed by atoms with E-state index in [4.69, 9.17) is 4.74 Å². The first-order chi connectivity index (χ1) is 20.4. The van der Waals surface area contributed by atoms with E-state index < -0.39 is 15.6 Å². The van der Waals surface area contributed by atoms with Crippen molar-refractivity contribution in [2.75, 3.05) is 12.4 Å². The van der Waals surface area contributed by atoms with Crippen LogP contribution in [0.1, 0.15) is 36.7 Å². The number of ether oxygens (including phenoxy) is 1. The zero-order valence-corrected chi connectivity index (χ0v) is 24.9. The van der Waals surface area contributed by atoms with Crippen molar-refractivity contribution in [2.24, 2.45) is 0 Å². The van der Waals surface area contributed by atoms with Crippen molar-refractivity contribution < 1.29 is 22.3 Å². The Bertz CT molecular complexity index is 1880. The van der Waals surface area contributed by atoms with E-state index in [1.54, 1.807) is 55.6 Å². The molecule has 0 aliphatic carbocycles. The molecule has 3 N–H and O–H groups in total. The quantitative estimate of drug-likeness (QED) is 0.209. The van der Waals surface area contributed by atoms with Gasteiger partial charge in [0.1, 0.15) is 11.6 Å². The number of fused-ring (bicyclic) bond motifs is 1. The molecule has 0 fully saturated rings. The Hall–Kier alpha value is -4.81. The fraction of sp³-hybridized carbons (Fsp3) is 0.194. The van der Waals surface area contributed by atoms with Crippen molar-refractivity contribution in [3.63, 3.8) is 0 Å². The number of nitrogens with zero attached hydrogens (tertiary/aromatic N) is 3. The predicted molar refractivity (Wildman–Crippen MR) is 162 cm³/mol. The number of hydrogen-bond acceptors (Lipinski definition) is 7. The normalized spacial score (nSPS) is 11.8. The van der Waals surface area contributed by atoms with Crippen LogP contribution < -0.4 is 20.1 Å². The van der Waals surface area contributed by atoms with Crippen LogP contribution in [0.5, 0.6) is 5.75 Å². The van der Waals surface area contributed by atoms with Gasteiger partial charge in [0.15, 0.2) is 5.65 Å². The van der Waals surface area contributed by atoms with Gasteiger partial charge in [-0.1, -0.05) is 24.3 Å². The van der Waals surface area contributed by atoms with Gasteiger partial charge in [-0.3, -0.25) is 4.79 Å². The summed E-state index contributed by atoms with van der Waals surface area (Å²) in [6.07, 6.45) is 1.82. The van der Waals surface area contributed by atoms with Gasteiger partial charge in [-0.05, 0) is 80.4 Å². The lowest BCUT2D eigenvalue weighted by atomic mass is 10.1. The molecule has 0 aliphatic rings. The fourth-order valence-electron chi connectivity index (χ4n) is 4.33. The van der Waals surface area contributed by atoms with E-state index >= 15 is 0 Å². The fourth-order valence-corrected chi connectivity index (χ4v) is 5.77. The number of methoxy groups -OCH3 is 1. The smallest absolute Gasteiger partial charge is 0.251 e. The van der Waals surface area contributed by atoms with Crippen molar-refractivity contribution in [1.29, 1.82) is 0 Å². The summed E-state index contributed by atoms with van der Waals surface area (Å²) in [6.45, 7) is 5.60. The second-order valence-electron chi connectivity index (χ2n) is 10.9. The van der Waals surface area contributed by atoms with Crippen LogP contribution in [0.3, 0.4) is 0 Å². The van der Waals surface area contributed by atoms with Crippen LogP contribution in [0.25, 0.3) is 16.8 Å². The second kappa shape index (κ2) is 11.8. The van der Waals surface area contributed by atoms with Gasteiger partial charge in [0.25, 0.3) is 5.91 Å². The maximum absolute atomic E-state index is 13.1. The molecule has 222 valence electrons. The molecule has 2 aromatic heterocycles. The Morgan fingerprint density at radius 2 is 1.65 bits per heavy atom. The minimum atomic E-state index is -3.74. The lowest BCUT2D eigenvalue weighted by molar-refractivity contribution is 0.0951. The highest BCUT2D eigenvalue weighted by molar-refractivity contribution is 7.89. The van der Waals surface area contributed by atoms with E-state index in [-0.39, 0.29) is 16.6 Å². The van der Waals surface area contributed by atoms with Crippen LogP contribution in [0.2, 0.25) is 0 Å². The average molecular weight is 603 g/mol. The maximum Gasteiger partial charge on any atom is 0.251 e. The molecule has 0 aliphatic heterocycles. The van der Waals surface area contributed by atoms with Crippen LogP contribution in [0.4, 0.5) is 16.0 Å². The molecule has 0 bridgehead atoms. The summed E-state index contributed by atoms with van der Waals surface area (Å²) in [6, 6.07) is 21.4. The number of anilines is 2. The Kier molecular flexibility index (Phi) is 8.16. The zero-order valence-electron chi connectivity index (χ0n) is 24.1. The van der Waals surface area contributed by atoms with Gasteiger partial charge in [-0.25, -0.2) is 22.0 Å². The summed E-state index contributed by atoms with van der Waals surface area (Å²) >= 11 is 0. The van der Waals surface area contributed by atoms with Gasteiger partial charge < -0.3 is 15.4 Å². The third-order valence-corrected chi connectivity index (χ3v) is 8.10. The first kappa shape index (κ1) is 29.7. The van der Waals surface area contributed by atoms with Crippen LogP contribution >= 0.6 is 0 Å². The molecule has 5 rings (SSSR count).